The maximum Gasteiger partial charge on any atom is 0.335 e. The van der Waals surface area contributed by atoms with E-state index in [0.717, 1.165) is 36.7 Å². The number of carbonyl (C=O) groups excluding carboxylic acids is 4. The second-order valence-corrected chi connectivity index (χ2v) is 21.2. The van der Waals surface area contributed by atoms with Gasteiger partial charge in [0.15, 0.2) is 5.75 Å². The second-order valence-electron chi connectivity index (χ2n) is 21.2. The second kappa shape index (κ2) is 27.4. The number of para-hydroxylation sites is 5. The Morgan fingerprint density at radius 2 is 0.810 bits per heavy atom. The number of fused-ring (bicyclic) bond motifs is 8. The lowest BCUT2D eigenvalue weighted by Gasteiger charge is -2.18. The summed E-state index contributed by atoms with van der Waals surface area (Å²) in [6.45, 7) is 16.3. The van der Waals surface area contributed by atoms with Crippen LogP contribution in [-0.2, 0) is 19.2 Å². The first kappa shape index (κ1) is 59.0. The molecule has 426 valence electrons. The number of hydrogen-bond acceptors (Lipinski definition) is 10. The summed E-state index contributed by atoms with van der Waals surface area (Å²) in [4.78, 5) is 70.7. The number of hydrogen-bond donors (Lipinski definition) is 1. The van der Waals surface area contributed by atoms with Gasteiger partial charge in [0.25, 0.3) is 0 Å². The van der Waals surface area contributed by atoms with Crippen molar-refractivity contribution < 1.29 is 38.1 Å². The molecule has 4 atom stereocenters. The van der Waals surface area contributed by atoms with E-state index in [-0.39, 0.29) is 46.7 Å². The van der Waals surface area contributed by atoms with Crippen LogP contribution in [0.1, 0.15) is 104 Å². The molecule has 7 aromatic rings. The molecule has 5 heterocycles. The lowest BCUT2D eigenvalue weighted by molar-refractivity contribution is -0.129. The summed E-state index contributed by atoms with van der Waals surface area (Å²) >= 11 is 0. The number of rotatable bonds is 20. The van der Waals surface area contributed by atoms with E-state index in [1.165, 1.54) is 24.3 Å². The monoisotopic (exact) mass is 1120 g/mol. The van der Waals surface area contributed by atoms with Crippen molar-refractivity contribution in [3.8, 4) is 62.1 Å². The standard InChI is InChI=1S/C72H70N4O8/c1-9-46(5)29-39-65(77)81-61-25-17-13-21-55(61)69-58-38-37-53(75-58)44-52-34-33-50(73-52)43-51-35-36-54(74-51)45-60-70(56-22-14-18-26-62(56)82-66(78)40-30-47(6)10-2)71(57-23-15-19-27-63(57)83-67(79)41-31-48(7)11-3)72(69)76(60)59-24-16-20-28-64(59)84-68(80)42-32-49(8)12-4/h13-49,73H,9-12H2,1-8H3. The lowest BCUT2D eigenvalue weighted by Crippen LogP contribution is -2.08. The lowest BCUT2D eigenvalue weighted by atomic mass is 9.92. The summed E-state index contributed by atoms with van der Waals surface area (Å²) < 4.78 is 27.7. The molecule has 0 saturated heterocycles. The Kier molecular flexibility index (Phi) is 19.2. The Morgan fingerprint density at radius 1 is 0.440 bits per heavy atom. The average Bonchev–Trinajstić information content (AvgIpc) is 3.74. The van der Waals surface area contributed by atoms with E-state index in [0.29, 0.717) is 72.9 Å². The van der Waals surface area contributed by atoms with E-state index in [9.17, 15) is 19.2 Å². The number of esters is 4. The molecule has 12 heteroatoms. The highest BCUT2D eigenvalue weighted by molar-refractivity contribution is 6.13. The van der Waals surface area contributed by atoms with Gasteiger partial charge >= 0.3 is 23.9 Å². The van der Waals surface area contributed by atoms with E-state index in [2.05, 4.69) is 4.98 Å². The summed E-state index contributed by atoms with van der Waals surface area (Å²) in [5.74, 6) is -1.18. The molecular weight excluding hydrogens is 1050 g/mol. The minimum absolute atomic E-state index is 0.0969. The molecule has 3 aromatic heterocycles. The van der Waals surface area contributed by atoms with Crippen molar-refractivity contribution in [1.82, 2.24) is 19.5 Å². The topological polar surface area (TPSA) is 152 Å². The normalized spacial score (nSPS) is 13.6. The van der Waals surface area contributed by atoms with Gasteiger partial charge in [0, 0.05) is 68.7 Å². The van der Waals surface area contributed by atoms with Crippen LogP contribution >= 0.6 is 0 Å². The van der Waals surface area contributed by atoms with Gasteiger partial charge in [-0.3, -0.25) is 0 Å². The molecule has 0 aliphatic carbocycles. The largest absolute Gasteiger partial charge is 0.423 e. The van der Waals surface area contributed by atoms with Gasteiger partial charge in [-0.25, -0.2) is 29.1 Å². The fraction of sp³-hybridized carbons (Fsp3) is 0.222. The number of benzene rings is 4. The smallest absolute Gasteiger partial charge is 0.335 e. The van der Waals surface area contributed by atoms with Crippen LogP contribution in [0.3, 0.4) is 0 Å². The summed E-state index contributed by atoms with van der Waals surface area (Å²) in [5, 5.41) is 0. The van der Waals surface area contributed by atoms with Gasteiger partial charge < -0.3 is 28.5 Å². The zero-order valence-corrected chi connectivity index (χ0v) is 48.8. The molecule has 4 aromatic carbocycles. The Labute approximate surface area is 491 Å². The number of aromatic nitrogens is 4. The number of allylic oxidation sites excluding steroid dienone is 4. The number of H-pyrrole nitrogens is 1. The molecular formula is C72H70N4O8. The number of ether oxygens (including phenoxy) is 4. The van der Waals surface area contributed by atoms with Crippen LogP contribution in [0.25, 0.3) is 85.4 Å². The molecule has 0 fully saturated rings. The van der Waals surface area contributed by atoms with Crippen molar-refractivity contribution in [2.75, 3.05) is 0 Å². The molecule has 0 amide bonds. The first-order valence-corrected chi connectivity index (χ1v) is 28.9. The van der Waals surface area contributed by atoms with Crippen molar-refractivity contribution in [3.63, 3.8) is 0 Å². The van der Waals surface area contributed by atoms with E-state index < -0.39 is 23.9 Å². The van der Waals surface area contributed by atoms with E-state index in [1.807, 2.05) is 187 Å². The highest BCUT2D eigenvalue weighted by Crippen LogP contribution is 2.53. The van der Waals surface area contributed by atoms with Gasteiger partial charge in [0.2, 0.25) is 0 Å². The number of carbonyl (C=O) groups is 4. The van der Waals surface area contributed by atoms with Crippen LogP contribution in [0, 0.1) is 23.7 Å². The van der Waals surface area contributed by atoms with Crippen molar-refractivity contribution in [1.29, 1.82) is 0 Å². The van der Waals surface area contributed by atoms with E-state index >= 15 is 0 Å². The van der Waals surface area contributed by atoms with Gasteiger partial charge in [-0.05, 0) is 109 Å². The fourth-order valence-corrected chi connectivity index (χ4v) is 9.45. The maximum atomic E-state index is 14.2. The summed E-state index contributed by atoms with van der Waals surface area (Å²) in [6, 6.07) is 38.8. The Balaban J connectivity index is 1.56. The molecule has 1 N–H and O–H groups in total. The Hall–Kier alpha value is -9.68. The molecule has 0 saturated carbocycles. The molecule has 4 unspecified atom stereocenters. The first-order valence-electron chi connectivity index (χ1n) is 28.9. The quantitative estimate of drug-likeness (QED) is 0.0443. The van der Waals surface area contributed by atoms with E-state index in [4.69, 9.17) is 28.9 Å². The van der Waals surface area contributed by atoms with Crippen LogP contribution in [0.5, 0.6) is 23.0 Å². The molecule has 0 spiro atoms. The van der Waals surface area contributed by atoms with Crippen LogP contribution in [-0.4, -0.2) is 43.4 Å². The van der Waals surface area contributed by atoms with Gasteiger partial charge in [0.05, 0.1) is 39.5 Å². The third-order valence-corrected chi connectivity index (χ3v) is 14.9. The molecule has 84 heavy (non-hydrogen) atoms. The van der Waals surface area contributed by atoms with Crippen molar-refractivity contribution in [2.45, 2.75) is 81.1 Å². The van der Waals surface area contributed by atoms with Crippen LogP contribution < -0.4 is 18.9 Å². The van der Waals surface area contributed by atoms with Crippen molar-refractivity contribution in [3.05, 3.63) is 199 Å². The van der Waals surface area contributed by atoms with Gasteiger partial charge in [0.1, 0.15) is 17.2 Å². The zero-order chi connectivity index (χ0) is 59.3. The molecule has 0 radical (unpaired) electrons. The van der Waals surface area contributed by atoms with Gasteiger partial charge in [-0.1, -0.05) is 172 Å². The van der Waals surface area contributed by atoms with Gasteiger partial charge in [-0.15, -0.1) is 0 Å². The molecule has 12 nitrogen and oxygen atoms in total. The number of aromatic amines is 1. The summed E-state index contributed by atoms with van der Waals surface area (Å²) in [7, 11) is 0. The number of nitrogens with zero attached hydrogens (tertiary/aromatic N) is 3. The molecule has 2 aliphatic rings. The number of nitrogens with one attached hydrogen (secondary N) is 1. The SMILES string of the molecule is CCC(C)C=CC(=O)Oc1ccccc1-c1c(-c2ccccc2OC(=O)C=CC(C)CC)c2c(-c3ccccc3OC(=O)C=CC(C)CC)c3nc(cc4ccc(cc5nc(cc1n2-c1ccccc1OC(=O)C=CC(C)CC)C=C5)[nH]4)C=C3. The van der Waals surface area contributed by atoms with E-state index in [1.54, 1.807) is 48.5 Å². The summed E-state index contributed by atoms with van der Waals surface area (Å²) in [6.07, 6.45) is 24.0. The highest BCUT2D eigenvalue weighted by Gasteiger charge is 2.31. The molecule has 9 rings (SSSR count). The van der Waals surface area contributed by atoms with Crippen LogP contribution in [0.4, 0.5) is 0 Å². The van der Waals surface area contributed by atoms with Crippen molar-refractivity contribution in [2.24, 2.45) is 23.7 Å². The van der Waals surface area contributed by atoms with Gasteiger partial charge in [-0.2, -0.15) is 0 Å². The Bertz CT molecular complexity index is 3980. The predicted molar refractivity (Wildman–Crippen MR) is 337 cm³/mol. The first-order chi connectivity index (χ1) is 40.7. The van der Waals surface area contributed by atoms with Crippen LogP contribution in [0.2, 0.25) is 0 Å². The van der Waals surface area contributed by atoms with Crippen LogP contribution in [0.15, 0.2) is 176 Å². The summed E-state index contributed by atoms with van der Waals surface area (Å²) in [5.41, 5.74) is 7.87. The van der Waals surface area contributed by atoms with Crippen molar-refractivity contribution >= 4 is 70.2 Å². The third kappa shape index (κ3) is 14.1. The zero-order valence-electron chi connectivity index (χ0n) is 48.8. The maximum absolute atomic E-state index is 14.2. The average molecular weight is 1120 g/mol. The minimum Gasteiger partial charge on any atom is -0.423 e. The minimum atomic E-state index is -0.602. The molecule has 2 aliphatic heterocycles. The predicted octanol–water partition coefficient (Wildman–Crippen LogP) is 17.1. The fourth-order valence-electron chi connectivity index (χ4n) is 9.45. The highest BCUT2D eigenvalue weighted by atomic mass is 16.5. The Morgan fingerprint density at radius 3 is 1.27 bits per heavy atom. The third-order valence-electron chi connectivity index (χ3n) is 14.9. The molecule has 8 bridgehead atoms.